The second-order valence-corrected chi connectivity index (χ2v) is 5.12. The van der Waals surface area contributed by atoms with Crippen LogP contribution in [0.15, 0.2) is 29.6 Å². The van der Waals surface area contributed by atoms with Gasteiger partial charge in [-0.1, -0.05) is 12.1 Å². The highest BCUT2D eigenvalue weighted by Crippen LogP contribution is 2.26. The van der Waals surface area contributed by atoms with Gasteiger partial charge in [0.1, 0.15) is 16.5 Å². The maximum absolute atomic E-state index is 13.7. The molecule has 2 rings (SSSR count). The highest BCUT2D eigenvalue weighted by molar-refractivity contribution is 7.13. The molecule has 0 saturated heterocycles. The summed E-state index contributed by atoms with van der Waals surface area (Å²) in [6.07, 6.45) is 0. The summed E-state index contributed by atoms with van der Waals surface area (Å²) >= 11 is 1.18. The minimum Gasteiger partial charge on any atom is -0.395 e. The van der Waals surface area contributed by atoms with Gasteiger partial charge in [0.2, 0.25) is 0 Å². The van der Waals surface area contributed by atoms with Gasteiger partial charge in [-0.2, -0.15) is 0 Å². The van der Waals surface area contributed by atoms with E-state index in [-0.39, 0.29) is 32.0 Å². The third-order valence-corrected chi connectivity index (χ3v) is 3.73. The van der Waals surface area contributed by atoms with Gasteiger partial charge < -0.3 is 15.1 Å². The molecule has 0 aliphatic rings. The Balaban J connectivity index is 2.23. The number of thiazole rings is 1. The molecule has 2 aromatic rings. The minimum absolute atomic E-state index is 0.117. The zero-order chi connectivity index (χ0) is 15.2. The molecule has 1 aromatic heterocycles. The highest BCUT2D eigenvalue weighted by Gasteiger charge is 2.19. The summed E-state index contributed by atoms with van der Waals surface area (Å²) in [7, 11) is 0. The van der Waals surface area contributed by atoms with Gasteiger partial charge in [-0.3, -0.25) is 4.79 Å². The Bertz CT molecular complexity index is 612. The molecule has 0 bridgehead atoms. The van der Waals surface area contributed by atoms with Gasteiger partial charge in [0.25, 0.3) is 5.91 Å². The largest absolute Gasteiger partial charge is 0.395 e. The molecule has 5 nitrogen and oxygen atoms in total. The van der Waals surface area contributed by atoms with E-state index >= 15 is 0 Å². The van der Waals surface area contributed by atoms with E-state index in [0.29, 0.717) is 10.6 Å². The second kappa shape index (κ2) is 7.26. The van der Waals surface area contributed by atoms with Crippen molar-refractivity contribution in [3.05, 3.63) is 41.2 Å². The molecule has 0 aliphatic carbocycles. The minimum atomic E-state index is -0.395. The van der Waals surface area contributed by atoms with E-state index < -0.39 is 11.7 Å². The van der Waals surface area contributed by atoms with Crippen LogP contribution in [0.1, 0.15) is 10.5 Å². The molecular weight excluding hydrogens is 295 g/mol. The van der Waals surface area contributed by atoms with Crippen LogP contribution in [-0.4, -0.2) is 52.3 Å². The van der Waals surface area contributed by atoms with Crippen LogP contribution in [-0.2, 0) is 0 Å². The molecule has 1 heterocycles. The summed E-state index contributed by atoms with van der Waals surface area (Å²) in [6.45, 7) is -0.163. The quantitative estimate of drug-likeness (QED) is 0.845. The SMILES string of the molecule is O=C(c1csc(-c2ccccc2F)n1)N(CCO)CCO. The summed E-state index contributed by atoms with van der Waals surface area (Å²) in [5, 5.41) is 19.8. The number of benzene rings is 1. The van der Waals surface area contributed by atoms with Crippen LogP contribution in [0.4, 0.5) is 4.39 Å². The van der Waals surface area contributed by atoms with Crippen LogP contribution in [0.25, 0.3) is 10.6 Å². The lowest BCUT2D eigenvalue weighted by Crippen LogP contribution is -2.36. The van der Waals surface area contributed by atoms with Crippen LogP contribution >= 0.6 is 11.3 Å². The van der Waals surface area contributed by atoms with Crippen molar-refractivity contribution in [1.29, 1.82) is 0 Å². The normalized spacial score (nSPS) is 10.6. The van der Waals surface area contributed by atoms with E-state index in [1.54, 1.807) is 23.6 Å². The van der Waals surface area contributed by atoms with E-state index in [0.717, 1.165) is 0 Å². The summed E-state index contributed by atoms with van der Waals surface area (Å²) in [5.74, 6) is -0.787. The predicted octanol–water partition coefficient (Wildman–Crippen LogP) is 1.38. The number of aromatic nitrogens is 1. The fourth-order valence-corrected chi connectivity index (χ4v) is 2.67. The number of rotatable bonds is 6. The van der Waals surface area contributed by atoms with Crippen LogP contribution in [0.5, 0.6) is 0 Å². The summed E-state index contributed by atoms with van der Waals surface area (Å²) in [6, 6.07) is 6.22. The average Bonchev–Trinajstić information content (AvgIpc) is 2.96. The molecule has 0 radical (unpaired) electrons. The average molecular weight is 310 g/mol. The molecule has 1 aromatic carbocycles. The monoisotopic (exact) mass is 310 g/mol. The molecule has 0 atom stereocenters. The van der Waals surface area contributed by atoms with Crippen molar-refractivity contribution in [3.63, 3.8) is 0 Å². The van der Waals surface area contributed by atoms with E-state index in [1.807, 2.05) is 0 Å². The van der Waals surface area contributed by atoms with Gasteiger partial charge in [0, 0.05) is 24.0 Å². The Morgan fingerprint density at radius 3 is 2.52 bits per heavy atom. The van der Waals surface area contributed by atoms with Crippen LogP contribution < -0.4 is 0 Å². The first-order valence-corrected chi connectivity index (χ1v) is 7.26. The second-order valence-electron chi connectivity index (χ2n) is 4.26. The number of hydrogen-bond acceptors (Lipinski definition) is 5. The lowest BCUT2D eigenvalue weighted by atomic mass is 10.2. The number of hydrogen-bond donors (Lipinski definition) is 2. The Hall–Kier alpha value is -1.83. The Kier molecular flexibility index (Phi) is 5.38. The zero-order valence-corrected chi connectivity index (χ0v) is 12.0. The summed E-state index contributed by atoms with van der Waals surface area (Å²) in [5.41, 5.74) is 0.526. The van der Waals surface area contributed by atoms with Crippen molar-refractivity contribution in [2.24, 2.45) is 0 Å². The van der Waals surface area contributed by atoms with Gasteiger partial charge in [0.15, 0.2) is 0 Å². The first-order valence-electron chi connectivity index (χ1n) is 6.38. The smallest absolute Gasteiger partial charge is 0.273 e. The van der Waals surface area contributed by atoms with Crippen molar-refractivity contribution < 1.29 is 19.4 Å². The molecule has 7 heteroatoms. The van der Waals surface area contributed by atoms with E-state index in [4.69, 9.17) is 10.2 Å². The van der Waals surface area contributed by atoms with Gasteiger partial charge in [-0.25, -0.2) is 9.37 Å². The fraction of sp³-hybridized carbons (Fsp3) is 0.286. The van der Waals surface area contributed by atoms with Crippen LogP contribution in [0.2, 0.25) is 0 Å². The van der Waals surface area contributed by atoms with Crippen LogP contribution in [0.3, 0.4) is 0 Å². The number of carbonyl (C=O) groups excluding carboxylic acids is 1. The van der Waals surface area contributed by atoms with Crippen molar-refractivity contribution in [3.8, 4) is 10.6 Å². The van der Waals surface area contributed by atoms with Crippen LogP contribution in [0, 0.1) is 5.82 Å². The molecule has 0 aliphatic heterocycles. The van der Waals surface area contributed by atoms with E-state index in [2.05, 4.69) is 4.98 Å². The fourth-order valence-electron chi connectivity index (χ4n) is 1.85. The molecule has 0 saturated carbocycles. The first-order chi connectivity index (χ1) is 10.2. The number of carbonyl (C=O) groups is 1. The lowest BCUT2D eigenvalue weighted by Gasteiger charge is -2.19. The molecule has 0 fully saturated rings. The maximum atomic E-state index is 13.7. The van der Waals surface area contributed by atoms with Crippen molar-refractivity contribution in [1.82, 2.24) is 9.88 Å². The standard InChI is InChI=1S/C14H15FN2O3S/c15-11-4-2-1-3-10(11)13-16-12(9-21-13)14(20)17(5-7-18)6-8-19/h1-4,9,18-19H,5-8H2. The Morgan fingerprint density at radius 1 is 1.24 bits per heavy atom. The number of nitrogens with zero attached hydrogens (tertiary/aromatic N) is 2. The van der Waals surface area contributed by atoms with Gasteiger partial charge >= 0.3 is 0 Å². The summed E-state index contributed by atoms with van der Waals surface area (Å²) < 4.78 is 13.7. The van der Waals surface area contributed by atoms with Crippen molar-refractivity contribution in [2.45, 2.75) is 0 Å². The maximum Gasteiger partial charge on any atom is 0.273 e. The Labute approximate surface area is 125 Å². The topological polar surface area (TPSA) is 73.7 Å². The van der Waals surface area contributed by atoms with E-state index in [1.165, 1.54) is 22.3 Å². The van der Waals surface area contributed by atoms with Crippen molar-refractivity contribution >= 4 is 17.2 Å². The molecular formula is C14H15FN2O3S. The third-order valence-electron chi connectivity index (χ3n) is 2.85. The highest BCUT2D eigenvalue weighted by atomic mass is 32.1. The Morgan fingerprint density at radius 2 is 1.90 bits per heavy atom. The first kappa shape index (κ1) is 15.6. The number of aliphatic hydroxyl groups is 2. The summed E-state index contributed by atoms with van der Waals surface area (Å²) in [4.78, 5) is 17.7. The lowest BCUT2D eigenvalue weighted by molar-refractivity contribution is 0.0680. The molecule has 0 unspecified atom stereocenters. The molecule has 0 spiro atoms. The third kappa shape index (κ3) is 3.63. The van der Waals surface area contributed by atoms with Gasteiger partial charge in [0.05, 0.1) is 13.2 Å². The number of amides is 1. The molecule has 2 N–H and O–H groups in total. The predicted molar refractivity (Wildman–Crippen MR) is 77.6 cm³/mol. The van der Waals surface area contributed by atoms with E-state index in [9.17, 15) is 9.18 Å². The molecule has 21 heavy (non-hydrogen) atoms. The number of halogens is 1. The van der Waals surface area contributed by atoms with Gasteiger partial charge in [-0.15, -0.1) is 11.3 Å². The van der Waals surface area contributed by atoms with Crippen molar-refractivity contribution in [2.75, 3.05) is 26.3 Å². The number of aliphatic hydroxyl groups excluding tert-OH is 2. The zero-order valence-electron chi connectivity index (χ0n) is 11.2. The molecule has 1 amide bonds. The van der Waals surface area contributed by atoms with Gasteiger partial charge in [-0.05, 0) is 12.1 Å². The molecule has 112 valence electrons.